The summed E-state index contributed by atoms with van der Waals surface area (Å²) in [5, 5.41) is 17.8. The molecule has 0 aliphatic carbocycles. The van der Waals surface area contributed by atoms with Gasteiger partial charge in [-0.3, -0.25) is 4.79 Å². The molecule has 2 aromatic rings. The predicted molar refractivity (Wildman–Crippen MR) is 88.1 cm³/mol. The fraction of sp³-hybridized carbons (Fsp3) is 0.125. The van der Waals surface area contributed by atoms with E-state index in [-0.39, 0.29) is 12.5 Å². The molecule has 0 saturated carbocycles. The van der Waals surface area contributed by atoms with Gasteiger partial charge in [-0.15, -0.1) is 0 Å². The first-order valence-corrected chi connectivity index (χ1v) is 6.99. The summed E-state index contributed by atoms with van der Waals surface area (Å²) in [4.78, 5) is 22.6. The summed E-state index contributed by atoms with van der Waals surface area (Å²) in [7, 11) is 0. The third-order valence-electron chi connectivity index (χ3n) is 2.98. The van der Waals surface area contributed by atoms with Gasteiger partial charge in [0.05, 0.1) is 6.54 Å². The first kappa shape index (κ1) is 16.3. The Morgan fingerprint density at radius 2 is 1.61 bits per heavy atom. The Labute approximate surface area is 133 Å². The monoisotopic (exact) mass is 314 g/mol. The fourth-order valence-electron chi connectivity index (χ4n) is 1.92. The summed E-state index contributed by atoms with van der Waals surface area (Å²) >= 11 is 0. The standard InChI is InChI=1S/C16H18N4O3/c17-16(23)20-13-8-6-12(7-9-13)19-14(21)10-18-15(22)11-4-2-1-3-5-11/h1-9,14,19,21H,10H2,(H,18,22)(H3,17,20,23). The molecule has 0 radical (unpaired) electrons. The van der Waals surface area contributed by atoms with E-state index in [2.05, 4.69) is 16.0 Å². The topological polar surface area (TPSA) is 116 Å². The Bertz CT molecular complexity index is 659. The summed E-state index contributed by atoms with van der Waals surface area (Å²) in [6, 6.07) is 14.7. The van der Waals surface area contributed by atoms with Crippen molar-refractivity contribution in [2.45, 2.75) is 6.23 Å². The molecule has 0 spiro atoms. The van der Waals surface area contributed by atoms with E-state index in [0.29, 0.717) is 16.9 Å². The number of benzene rings is 2. The minimum atomic E-state index is -0.947. The number of carbonyl (C=O) groups excluding carboxylic acids is 2. The Morgan fingerprint density at radius 3 is 2.22 bits per heavy atom. The number of aliphatic hydroxyl groups is 1. The molecule has 7 heteroatoms. The first-order valence-electron chi connectivity index (χ1n) is 6.99. The van der Waals surface area contributed by atoms with Crippen molar-refractivity contribution < 1.29 is 14.7 Å². The van der Waals surface area contributed by atoms with Gasteiger partial charge in [-0.25, -0.2) is 4.79 Å². The summed E-state index contributed by atoms with van der Waals surface area (Å²) < 4.78 is 0. The first-order chi connectivity index (χ1) is 11.0. The van der Waals surface area contributed by atoms with Gasteiger partial charge in [0.2, 0.25) is 0 Å². The van der Waals surface area contributed by atoms with Gasteiger partial charge >= 0.3 is 6.03 Å². The lowest BCUT2D eigenvalue weighted by Gasteiger charge is -2.15. The second-order valence-corrected chi connectivity index (χ2v) is 4.80. The van der Waals surface area contributed by atoms with Gasteiger partial charge in [0.1, 0.15) is 6.23 Å². The zero-order valence-electron chi connectivity index (χ0n) is 12.3. The average Bonchev–Trinajstić information content (AvgIpc) is 2.55. The van der Waals surface area contributed by atoms with Crippen molar-refractivity contribution in [3.63, 3.8) is 0 Å². The van der Waals surface area contributed by atoms with E-state index in [1.54, 1.807) is 48.5 Å². The van der Waals surface area contributed by atoms with E-state index < -0.39 is 12.3 Å². The van der Waals surface area contributed by atoms with Gasteiger partial charge in [0.25, 0.3) is 5.91 Å². The van der Waals surface area contributed by atoms with Gasteiger partial charge in [-0.1, -0.05) is 18.2 Å². The van der Waals surface area contributed by atoms with Crippen molar-refractivity contribution in [1.29, 1.82) is 0 Å². The third-order valence-corrected chi connectivity index (χ3v) is 2.98. The highest BCUT2D eigenvalue weighted by Crippen LogP contribution is 2.13. The van der Waals surface area contributed by atoms with E-state index >= 15 is 0 Å². The Morgan fingerprint density at radius 1 is 1.00 bits per heavy atom. The number of carbonyl (C=O) groups is 2. The maximum atomic E-state index is 11.8. The number of hydrogen-bond donors (Lipinski definition) is 5. The van der Waals surface area contributed by atoms with Crippen LogP contribution in [-0.4, -0.2) is 29.8 Å². The van der Waals surface area contributed by atoms with Crippen molar-refractivity contribution in [2.75, 3.05) is 17.2 Å². The zero-order valence-corrected chi connectivity index (χ0v) is 12.3. The van der Waals surface area contributed by atoms with Crippen LogP contribution in [0.2, 0.25) is 0 Å². The van der Waals surface area contributed by atoms with Crippen LogP contribution in [0.1, 0.15) is 10.4 Å². The third kappa shape index (κ3) is 5.33. The number of nitrogens with two attached hydrogens (primary N) is 1. The minimum Gasteiger partial charge on any atom is -0.372 e. The van der Waals surface area contributed by atoms with Gasteiger partial charge < -0.3 is 26.8 Å². The molecule has 2 rings (SSSR count). The molecule has 2 aromatic carbocycles. The summed E-state index contributed by atoms with van der Waals surface area (Å²) in [6.45, 7) is 0.0506. The van der Waals surface area contributed by atoms with Gasteiger partial charge in [-0.05, 0) is 36.4 Å². The van der Waals surface area contributed by atoms with Crippen LogP contribution in [0.3, 0.4) is 0 Å². The molecular formula is C16H18N4O3. The van der Waals surface area contributed by atoms with Crippen LogP contribution in [-0.2, 0) is 0 Å². The maximum Gasteiger partial charge on any atom is 0.316 e. The Hall–Kier alpha value is -3.06. The lowest BCUT2D eigenvalue weighted by molar-refractivity contribution is 0.0927. The van der Waals surface area contributed by atoms with Crippen LogP contribution in [0.25, 0.3) is 0 Å². The van der Waals surface area contributed by atoms with E-state index in [9.17, 15) is 14.7 Å². The Kier molecular flexibility index (Phi) is 5.54. The number of anilines is 2. The van der Waals surface area contributed by atoms with E-state index in [1.165, 1.54) is 0 Å². The molecule has 120 valence electrons. The summed E-state index contributed by atoms with van der Waals surface area (Å²) in [5.74, 6) is -0.257. The van der Waals surface area contributed by atoms with Crippen LogP contribution in [0, 0.1) is 0 Å². The lowest BCUT2D eigenvalue weighted by atomic mass is 10.2. The molecule has 0 fully saturated rings. The molecule has 6 N–H and O–H groups in total. The van der Waals surface area contributed by atoms with Gasteiger partial charge in [0.15, 0.2) is 0 Å². The molecule has 3 amide bonds. The average molecular weight is 314 g/mol. The smallest absolute Gasteiger partial charge is 0.316 e. The molecule has 1 unspecified atom stereocenters. The molecule has 0 aliphatic heterocycles. The maximum absolute atomic E-state index is 11.8. The molecule has 0 saturated heterocycles. The Balaban J connectivity index is 1.81. The van der Waals surface area contributed by atoms with E-state index in [0.717, 1.165) is 0 Å². The van der Waals surface area contributed by atoms with Crippen molar-refractivity contribution in [3.05, 3.63) is 60.2 Å². The molecule has 1 atom stereocenters. The summed E-state index contributed by atoms with van der Waals surface area (Å²) in [6.07, 6.45) is -0.947. The highest BCUT2D eigenvalue weighted by molar-refractivity contribution is 5.94. The van der Waals surface area contributed by atoms with Crippen molar-refractivity contribution in [2.24, 2.45) is 5.73 Å². The summed E-state index contributed by atoms with van der Waals surface area (Å²) in [5.41, 5.74) is 6.73. The zero-order chi connectivity index (χ0) is 16.7. The second-order valence-electron chi connectivity index (χ2n) is 4.80. The van der Waals surface area contributed by atoms with Crippen molar-refractivity contribution in [1.82, 2.24) is 5.32 Å². The van der Waals surface area contributed by atoms with Crippen molar-refractivity contribution in [3.8, 4) is 0 Å². The van der Waals surface area contributed by atoms with Gasteiger partial charge in [-0.2, -0.15) is 0 Å². The number of rotatable bonds is 6. The van der Waals surface area contributed by atoms with Crippen LogP contribution in [0.5, 0.6) is 0 Å². The number of hydrogen-bond acceptors (Lipinski definition) is 4. The molecule has 7 nitrogen and oxygen atoms in total. The number of urea groups is 1. The highest BCUT2D eigenvalue weighted by Gasteiger charge is 2.08. The molecule has 0 aliphatic rings. The molecule has 0 heterocycles. The number of primary amides is 1. The lowest BCUT2D eigenvalue weighted by Crippen LogP contribution is -2.36. The quantitative estimate of drug-likeness (QED) is 0.517. The predicted octanol–water partition coefficient (Wildman–Crippen LogP) is 1.34. The number of nitrogens with one attached hydrogen (secondary N) is 3. The SMILES string of the molecule is NC(=O)Nc1ccc(NC(O)CNC(=O)c2ccccc2)cc1. The van der Waals surface area contributed by atoms with E-state index in [4.69, 9.17) is 5.73 Å². The highest BCUT2D eigenvalue weighted by atomic mass is 16.3. The fourth-order valence-corrected chi connectivity index (χ4v) is 1.92. The normalized spacial score (nSPS) is 11.3. The number of amides is 3. The molecular weight excluding hydrogens is 296 g/mol. The molecule has 23 heavy (non-hydrogen) atoms. The minimum absolute atomic E-state index is 0.0506. The van der Waals surface area contributed by atoms with Crippen LogP contribution in [0.4, 0.5) is 16.2 Å². The molecule has 0 bridgehead atoms. The molecule has 0 aromatic heterocycles. The van der Waals surface area contributed by atoms with E-state index in [1.807, 2.05) is 6.07 Å². The van der Waals surface area contributed by atoms with Crippen LogP contribution >= 0.6 is 0 Å². The van der Waals surface area contributed by atoms with Crippen LogP contribution in [0.15, 0.2) is 54.6 Å². The largest absolute Gasteiger partial charge is 0.372 e. The van der Waals surface area contributed by atoms with Gasteiger partial charge in [0, 0.05) is 16.9 Å². The second kappa shape index (κ2) is 7.81. The van der Waals surface area contributed by atoms with Crippen LogP contribution < -0.4 is 21.7 Å². The number of aliphatic hydroxyl groups excluding tert-OH is 1. The van der Waals surface area contributed by atoms with Crippen molar-refractivity contribution >= 4 is 23.3 Å².